The number of nitrogens with one attached hydrogen (secondary N) is 1. The predicted octanol–water partition coefficient (Wildman–Crippen LogP) is 4.35. The van der Waals surface area contributed by atoms with E-state index in [1.165, 1.54) is 13.2 Å². The number of H-pyrrole nitrogens is 1. The van der Waals surface area contributed by atoms with E-state index in [2.05, 4.69) is 10.2 Å². The van der Waals surface area contributed by atoms with Gasteiger partial charge in [0.05, 0.1) is 25.0 Å². The highest BCUT2D eigenvalue weighted by molar-refractivity contribution is 6.11. The lowest BCUT2D eigenvalue weighted by molar-refractivity contribution is -0.140. The number of rotatable bonds is 10. The summed E-state index contributed by atoms with van der Waals surface area (Å²) in [5.41, 5.74) is 2.13. The predicted molar refractivity (Wildman–Crippen MR) is 124 cm³/mol. The molecular weight excluding hydrogens is 436 g/mol. The maximum Gasteiger partial charge on any atom is 0.305 e. The number of phenolic OH excluding ortho intramolecular Hbond substituents is 1. The number of aromatic nitrogens is 2. The van der Waals surface area contributed by atoms with Crippen molar-refractivity contribution in [3.8, 4) is 17.2 Å². The van der Waals surface area contributed by atoms with E-state index in [0.717, 1.165) is 31.2 Å². The van der Waals surface area contributed by atoms with Gasteiger partial charge in [0.1, 0.15) is 23.9 Å². The van der Waals surface area contributed by atoms with Gasteiger partial charge in [0.2, 0.25) is 0 Å². The van der Waals surface area contributed by atoms with Crippen LogP contribution in [0.5, 0.6) is 17.2 Å². The first-order valence-electron chi connectivity index (χ1n) is 11.4. The van der Waals surface area contributed by atoms with E-state index in [0.29, 0.717) is 29.0 Å². The highest BCUT2D eigenvalue weighted by Crippen LogP contribution is 2.31. The molecule has 3 aromatic rings. The molecule has 0 spiro atoms. The van der Waals surface area contributed by atoms with Crippen LogP contribution in [0.2, 0.25) is 0 Å². The largest absolute Gasteiger partial charge is 0.507 e. The Morgan fingerprint density at radius 1 is 1.15 bits per heavy atom. The van der Waals surface area contributed by atoms with Crippen LogP contribution in [-0.4, -0.2) is 40.3 Å². The fraction of sp³-hybridized carbons (Fsp3) is 0.346. The number of aromatic amines is 1. The van der Waals surface area contributed by atoms with Crippen molar-refractivity contribution in [1.82, 2.24) is 10.2 Å². The van der Waals surface area contributed by atoms with Crippen LogP contribution in [0.1, 0.15) is 59.2 Å². The summed E-state index contributed by atoms with van der Waals surface area (Å²) in [6.45, 7) is 0.290. The van der Waals surface area contributed by atoms with Crippen LogP contribution >= 0.6 is 0 Å². The Kier molecular flexibility index (Phi) is 7.47. The Bertz CT molecular complexity index is 1140. The van der Waals surface area contributed by atoms with Crippen LogP contribution in [-0.2, 0) is 22.6 Å². The lowest BCUT2D eigenvalue weighted by Crippen LogP contribution is -2.11. The van der Waals surface area contributed by atoms with Crippen molar-refractivity contribution in [3.05, 3.63) is 71.0 Å². The highest BCUT2D eigenvalue weighted by Gasteiger charge is 2.20. The molecule has 1 aromatic heterocycles. The zero-order valence-corrected chi connectivity index (χ0v) is 19.1. The molecule has 2 N–H and O–H groups in total. The molecule has 1 aliphatic carbocycles. The summed E-state index contributed by atoms with van der Waals surface area (Å²) in [7, 11) is 1.33. The zero-order chi connectivity index (χ0) is 23.9. The maximum absolute atomic E-state index is 13.2. The molecule has 2 aromatic carbocycles. The Balaban J connectivity index is 1.53. The average Bonchev–Trinajstić information content (AvgIpc) is 3.55. The number of ketones is 1. The molecule has 178 valence electrons. The molecule has 0 saturated heterocycles. The number of methoxy groups -OCH3 is 1. The third-order valence-corrected chi connectivity index (χ3v) is 5.92. The first-order valence-corrected chi connectivity index (χ1v) is 11.4. The Hall–Kier alpha value is -3.81. The minimum Gasteiger partial charge on any atom is -0.507 e. The van der Waals surface area contributed by atoms with Crippen LogP contribution in [0, 0.1) is 0 Å². The van der Waals surface area contributed by atoms with Crippen molar-refractivity contribution in [2.45, 2.75) is 51.2 Å². The van der Waals surface area contributed by atoms with Gasteiger partial charge in [-0.2, -0.15) is 5.10 Å². The maximum atomic E-state index is 13.2. The number of nitrogens with zero attached hydrogens (tertiary/aromatic N) is 1. The van der Waals surface area contributed by atoms with Gasteiger partial charge in [0, 0.05) is 29.8 Å². The van der Waals surface area contributed by atoms with Crippen molar-refractivity contribution in [3.63, 3.8) is 0 Å². The van der Waals surface area contributed by atoms with Crippen LogP contribution in [0.3, 0.4) is 0 Å². The Morgan fingerprint density at radius 2 is 1.97 bits per heavy atom. The standard InChI is InChI=1S/C26H28N2O6/c1-32-25(30)11-7-18-12-19(6-10-24(18)33-16-17-14-27-28-15-17)26(31)22-9-8-21(13-23(22)29)34-20-4-2-3-5-20/h6,8-10,12-15,20,29H,2-5,7,11,16H2,1H3,(H,27,28). The third kappa shape index (κ3) is 5.75. The van der Waals surface area contributed by atoms with Crippen LogP contribution in [0.4, 0.5) is 0 Å². The van der Waals surface area contributed by atoms with Gasteiger partial charge in [-0.15, -0.1) is 0 Å². The summed E-state index contributed by atoms with van der Waals surface area (Å²) in [5.74, 6) is 0.310. The summed E-state index contributed by atoms with van der Waals surface area (Å²) < 4.78 is 16.6. The number of hydrogen-bond acceptors (Lipinski definition) is 7. The lowest BCUT2D eigenvalue weighted by Gasteiger charge is -2.15. The van der Waals surface area contributed by atoms with Crippen LogP contribution in [0.15, 0.2) is 48.8 Å². The smallest absolute Gasteiger partial charge is 0.305 e. The molecule has 4 rings (SSSR count). The van der Waals surface area contributed by atoms with Crippen LogP contribution < -0.4 is 9.47 Å². The minimum absolute atomic E-state index is 0.128. The second kappa shape index (κ2) is 10.9. The van der Waals surface area contributed by atoms with Gasteiger partial charge in [-0.25, -0.2) is 0 Å². The van der Waals surface area contributed by atoms with Gasteiger partial charge in [0.25, 0.3) is 0 Å². The number of ether oxygens (including phenoxy) is 3. The normalized spacial score (nSPS) is 13.6. The number of benzene rings is 2. The monoisotopic (exact) mass is 464 g/mol. The van der Waals surface area contributed by atoms with E-state index in [4.69, 9.17) is 14.2 Å². The van der Waals surface area contributed by atoms with Gasteiger partial charge in [-0.1, -0.05) is 0 Å². The van der Waals surface area contributed by atoms with Gasteiger partial charge in [0.15, 0.2) is 5.78 Å². The molecule has 1 aliphatic rings. The first kappa shape index (κ1) is 23.4. The molecule has 0 radical (unpaired) electrons. The summed E-state index contributed by atoms with van der Waals surface area (Å²) in [4.78, 5) is 24.9. The van der Waals surface area contributed by atoms with E-state index < -0.39 is 0 Å². The molecule has 34 heavy (non-hydrogen) atoms. The molecule has 0 unspecified atom stereocenters. The molecule has 8 nitrogen and oxygen atoms in total. The van der Waals surface area contributed by atoms with E-state index in [1.54, 1.807) is 42.7 Å². The number of esters is 1. The molecule has 0 atom stereocenters. The second-order valence-electron chi connectivity index (χ2n) is 8.33. The number of phenols is 1. The molecule has 0 aliphatic heterocycles. The molecule has 0 bridgehead atoms. The minimum atomic E-state index is -0.354. The SMILES string of the molecule is COC(=O)CCc1cc(C(=O)c2ccc(OC3CCCC3)cc2O)ccc1OCc1cn[nH]c1. The van der Waals surface area contributed by atoms with Crippen molar-refractivity contribution < 1.29 is 28.9 Å². The molecule has 0 amide bonds. The van der Waals surface area contributed by atoms with Crippen molar-refractivity contribution in [2.75, 3.05) is 7.11 Å². The quantitative estimate of drug-likeness (QED) is 0.339. The van der Waals surface area contributed by atoms with E-state index in [1.807, 2.05) is 0 Å². The summed E-state index contributed by atoms with van der Waals surface area (Å²) >= 11 is 0. The molecule has 1 saturated carbocycles. The van der Waals surface area contributed by atoms with Crippen molar-refractivity contribution >= 4 is 11.8 Å². The first-order chi connectivity index (χ1) is 16.5. The van der Waals surface area contributed by atoms with E-state index >= 15 is 0 Å². The summed E-state index contributed by atoms with van der Waals surface area (Å²) in [6.07, 6.45) is 8.34. The lowest BCUT2D eigenvalue weighted by atomic mass is 9.98. The highest BCUT2D eigenvalue weighted by atomic mass is 16.5. The zero-order valence-electron chi connectivity index (χ0n) is 19.1. The van der Waals surface area contributed by atoms with Gasteiger partial charge in [-0.3, -0.25) is 14.7 Å². The Morgan fingerprint density at radius 3 is 2.68 bits per heavy atom. The number of hydrogen-bond donors (Lipinski definition) is 2. The Labute approximate surface area is 197 Å². The van der Waals surface area contributed by atoms with Gasteiger partial charge < -0.3 is 19.3 Å². The fourth-order valence-corrected chi connectivity index (χ4v) is 4.04. The second-order valence-corrected chi connectivity index (χ2v) is 8.33. The van der Waals surface area contributed by atoms with Crippen LogP contribution in [0.25, 0.3) is 0 Å². The van der Waals surface area contributed by atoms with Crippen molar-refractivity contribution in [1.29, 1.82) is 0 Å². The molecule has 1 heterocycles. The van der Waals surface area contributed by atoms with E-state index in [9.17, 15) is 14.7 Å². The van der Waals surface area contributed by atoms with Crippen molar-refractivity contribution in [2.24, 2.45) is 0 Å². The molecule has 1 fully saturated rings. The number of carbonyl (C=O) groups excluding carboxylic acids is 2. The third-order valence-electron chi connectivity index (χ3n) is 5.92. The van der Waals surface area contributed by atoms with Gasteiger partial charge in [-0.05, 0) is 68.0 Å². The number of carbonyl (C=O) groups is 2. The summed E-state index contributed by atoms with van der Waals surface area (Å²) in [5, 5.41) is 17.2. The van der Waals surface area contributed by atoms with Gasteiger partial charge >= 0.3 is 5.97 Å². The van der Waals surface area contributed by atoms with E-state index in [-0.39, 0.29) is 42.2 Å². The fourth-order valence-electron chi connectivity index (χ4n) is 4.04. The molecular formula is C26H28N2O6. The molecule has 8 heteroatoms. The summed E-state index contributed by atoms with van der Waals surface area (Å²) in [6, 6.07) is 9.83. The number of aromatic hydroxyl groups is 1. The average molecular weight is 465 g/mol. The number of aryl methyl sites for hydroxylation is 1. The topological polar surface area (TPSA) is 111 Å².